The van der Waals surface area contributed by atoms with Gasteiger partial charge in [-0.2, -0.15) is 0 Å². The molecule has 1 aliphatic rings. The van der Waals surface area contributed by atoms with E-state index < -0.39 is 6.36 Å². The first kappa shape index (κ1) is 27.3. The second-order valence-electron chi connectivity index (χ2n) is 10.3. The molecular formula is C31H29F3N5OS+. The van der Waals surface area contributed by atoms with Crippen LogP contribution in [-0.4, -0.2) is 39.9 Å². The molecule has 2 unspecified atom stereocenters. The van der Waals surface area contributed by atoms with Gasteiger partial charge in [0.25, 0.3) is 0 Å². The van der Waals surface area contributed by atoms with Crippen molar-refractivity contribution in [3.8, 4) is 11.4 Å². The number of halogens is 3. The minimum absolute atomic E-state index is 0.190. The van der Waals surface area contributed by atoms with E-state index >= 15 is 0 Å². The number of hydrogen-bond donors (Lipinski definition) is 1. The Kier molecular flexibility index (Phi) is 7.01. The van der Waals surface area contributed by atoms with Crippen molar-refractivity contribution in [3.63, 3.8) is 0 Å². The molecule has 1 saturated heterocycles. The van der Waals surface area contributed by atoms with Crippen molar-refractivity contribution in [2.45, 2.75) is 31.6 Å². The van der Waals surface area contributed by atoms with Crippen molar-refractivity contribution in [1.29, 1.82) is 0 Å². The van der Waals surface area contributed by atoms with Gasteiger partial charge in [-0.1, -0.05) is 67.1 Å². The van der Waals surface area contributed by atoms with E-state index in [0.29, 0.717) is 16.2 Å². The van der Waals surface area contributed by atoms with Crippen molar-refractivity contribution in [2.24, 2.45) is 10.8 Å². The molecule has 5 aromatic rings. The van der Waals surface area contributed by atoms with E-state index in [2.05, 4.69) is 53.9 Å². The number of alkyl halides is 3. The summed E-state index contributed by atoms with van der Waals surface area (Å²) in [5, 5.41) is 7.11. The maximum atomic E-state index is 12.5. The molecule has 210 valence electrons. The van der Waals surface area contributed by atoms with E-state index in [0.717, 1.165) is 45.4 Å². The highest BCUT2D eigenvalue weighted by Crippen LogP contribution is 2.40. The van der Waals surface area contributed by atoms with Crippen molar-refractivity contribution in [3.05, 3.63) is 96.3 Å². The summed E-state index contributed by atoms with van der Waals surface area (Å²) in [6.07, 6.45) is -1.15. The molecule has 0 spiro atoms. The summed E-state index contributed by atoms with van der Waals surface area (Å²) in [5.74, 6) is 1.01. The van der Waals surface area contributed by atoms with Crippen molar-refractivity contribution in [1.82, 2.24) is 14.1 Å². The largest absolute Gasteiger partial charge is 0.573 e. The SMILES string of the molecule is CC(C)c1ccccc1[N+]1(/N=C/c2ccc3c(ccc4c3ncn4-c3ccc(OC(F)(F)F)cc3)c2)CCSC1N. The lowest BCUT2D eigenvalue weighted by molar-refractivity contribution is -0.274. The third kappa shape index (κ3) is 5.18. The minimum Gasteiger partial charge on any atom is -0.406 e. The molecule has 0 amide bonds. The third-order valence-electron chi connectivity index (χ3n) is 7.44. The topological polar surface area (TPSA) is 65.4 Å². The fourth-order valence-corrected chi connectivity index (χ4v) is 6.57. The van der Waals surface area contributed by atoms with Crippen LogP contribution in [0.2, 0.25) is 0 Å². The maximum absolute atomic E-state index is 12.5. The highest BCUT2D eigenvalue weighted by atomic mass is 32.2. The lowest BCUT2D eigenvalue weighted by Crippen LogP contribution is -2.52. The summed E-state index contributed by atoms with van der Waals surface area (Å²) in [5.41, 5.74) is 12.2. The van der Waals surface area contributed by atoms with Crippen LogP contribution in [0.5, 0.6) is 5.75 Å². The number of nitrogens with two attached hydrogens (primary N) is 1. The number of para-hydroxylation sites is 1. The van der Waals surface area contributed by atoms with E-state index in [1.165, 1.54) is 17.7 Å². The summed E-state index contributed by atoms with van der Waals surface area (Å²) in [6, 6.07) is 24.3. The molecule has 6 rings (SSSR count). The molecule has 2 N–H and O–H groups in total. The molecule has 6 nitrogen and oxygen atoms in total. The zero-order chi connectivity index (χ0) is 28.8. The van der Waals surface area contributed by atoms with Crippen LogP contribution in [0.1, 0.15) is 30.9 Å². The van der Waals surface area contributed by atoms with Gasteiger partial charge >= 0.3 is 6.36 Å². The Bertz CT molecular complexity index is 1750. The number of thioether (sulfide) groups is 1. The van der Waals surface area contributed by atoms with E-state index in [-0.39, 0.29) is 11.2 Å². The maximum Gasteiger partial charge on any atom is 0.573 e. The molecule has 1 aromatic heterocycles. The number of nitrogens with zero attached hydrogens (tertiary/aromatic N) is 4. The number of quaternary nitrogens is 1. The van der Waals surface area contributed by atoms with Crippen molar-refractivity contribution in [2.75, 3.05) is 12.3 Å². The second-order valence-corrected chi connectivity index (χ2v) is 11.6. The summed E-state index contributed by atoms with van der Waals surface area (Å²) in [6.45, 7) is 5.20. The van der Waals surface area contributed by atoms with Crippen molar-refractivity contribution >= 4 is 45.5 Å². The van der Waals surface area contributed by atoms with Gasteiger partial charge in [-0.3, -0.25) is 10.3 Å². The summed E-state index contributed by atoms with van der Waals surface area (Å²) in [4.78, 5) is 4.63. The monoisotopic (exact) mass is 576 g/mol. The third-order valence-corrected chi connectivity index (χ3v) is 8.54. The van der Waals surface area contributed by atoms with Crippen LogP contribution < -0.4 is 15.1 Å². The molecule has 0 aliphatic carbocycles. The Hall–Kier alpha value is -3.86. The summed E-state index contributed by atoms with van der Waals surface area (Å²) >= 11 is 1.73. The Morgan fingerprint density at radius 1 is 1.07 bits per heavy atom. The number of aromatic nitrogens is 2. The highest BCUT2D eigenvalue weighted by molar-refractivity contribution is 8.00. The number of ether oxygens (including phenoxy) is 1. The van der Waals surface area contributed by atoms with Crippen LogP contribution in [0, 0.1) is 0 Å². The van der Waals surface area contributed by atoms with Crippen LogP contribution in [0.3, 0.4) is 0 Å². The van der Waals surface area contributed by atoms with Gasteiger partial charge in [-0.05, 0) is 53.3 Å². The van der Waals surface area contributed by atoms with Crippen LogP contribution in [0.4, 0.5) is 18.9 Å². The number of benzene rings is 4. The standard InChI is InChI=1S/C31H29F3N5OS/c1-20(2)25-5-3-4-6-28(25)39(15-16-41-30(39)35)37-18-21-7-13-26-22(17-21)8-14-27-29(26)36-19-38(27)23-9-11-24(12-10-23)40-31(32,33)34/h3-14,17-20,30H,15-16,35H2,1-2H3/q+1/b37-18+. The predicted molar refractivity (Wildman–Crippen MR) is 160 cm³/mol. The molecule has 1 aliphatic heterocycles. The molecular weight excluding hydrogens is 547 g/mol. The fourth-order valence-electron chi connectivity index (χ4n) is 5.43. The fraction of sp³-hybridized carbons (Fsp3) is 0.226. The van der Waals surface area contributed by atoms with Gasteiger partial charge in [0.2, 0.25) is 5.50 Å². The second kappa shape index (κ2) is 10.5. The van der Waals surface area contributed by atoms with Crippen LogP contribution in [0.25, 0.3) is 27.5 Å². The molecule has 10 heteroatoms. The van der Waals surface area contributed by atoms with E-state index in [4.69, 9.17) is 10.8 Å². The smallest absolute Gasteiger partial charge is 0.406 e. The van der Waals surface area contributed by atoms with Crippen molar-refractivity contribution < 1.29 is 17.9 Å². The molecule has 41 heavy (non-hydrogen) atoms. The first-order valence-corrected chi connectivity index (χ1v) is 14.4. The molecule has 0 saturated carbocycles. The average molecular weight is 577 g/mol. The number of hydrogen-bond acceptors (Lipinski definition) is 5. The van der Waals surface area contributed by atoms with Gasteiger partial charge in [0.05, 0.1) is 23.0 Å². The molecule has 1 fully saturated rings. The Labute approximate surface area is 239 Å². The summed E-state index contributed by atoms with van der Waals surface area (Å²) < 4.78 is 43.8. The first-order chi connectivity index (χ1) is 19.6. The van der Waals surface area contributed by atoms with Gasteiger partial charge in [-0.25, -0.2) is 4.98 Å². The molecule has 0 radical (unpaired) electrons. The average Bonchev–Trinajstić information content (AvgIpc) is 3.55. The van der Waals surface area contributed by atoms with Gasteiger partial charge in [-0.15, -0.1) is 17.8 Å². The molecule has 2 heterocycles. The van der Waals surface area contributed by atoms with Crippen LogP contribution in [-0.2, 0) is 0 Å². The Morgan fingerprint density at radius 2 is 1.85 bits per heavy atom. The summed E-state index contributed by atoms with van der Waals surface area (Å²) in [7, 11) is 0. The minimum atomic E-state index is -4.73. The lowest BCUT2D eigenvalue weighted by atomic mass is 10.00. The zero-order valence-corrected chi connectivity index (χ0v) is 23.4. The van der Waals surface area contributed by atoms with E-state index in [1.54, 1.807) is 30.2 Å². The normalized spacial score (nSPS) is 19.6. The zero-order valence-electron chi connectivity index (χ0n) is 22.5. The Balaban J connectivity index is 1.33. The van der Waals surface area contributed by atoms with E-state index in [1.807, 2.05) is 35.0 Å². The number of fused-ring (bicyclic) bond motifs is 3. The lowest BCUT2D eigenvalue weighted by Gasteiger charge is -2.32. The van der Waals surface area contributed by atoms with Gasteiger partial charge < -0.3 is 4.74 Å². The molecule has 0 bridgehead atoms. The number of imidazole rings is 1. The van der Waals surface area contributed by atoms with Gasteiger partial charge in [0.15, 0.2) is 5.69 Å². The quantitative estimate of drug-likeness (QED) is 0.168. The first-order valence-electron chi connectivity index (χ1n) is 13.3. The van der Waals surface area contributed by atoms with Gasteiger partial charge in [0.1, 0.15) is 18.6 Å². The highest BCUT2D eigenvalue weighted by Gasteiger charge is 2.45. The number of rotatable bonds is 6. The van der Waals surface area contributed by atoms with Crippen LogP contribution >= 0.6 is 11.8 Å². The predicted octanol–water partition coefficient (Wildman–Crippen LogP) is 7.53. The Morgan fingerprint density at radius 3 is 2.56 bits per heavy atom. The molecule has 2 atom stereocenters. The van der Waals surface area contributed by atoms with Gasteiger partial charge in [0, 0.05) is 22.7 Å². The van der Waals surface area contributed by atoms with Crippen LogP contribution in [0.15, 0.2) is 90.3 Å². The molecule has 4 aromatic carbocycles. The van der Waals surface area contributed by atoms with E-state index in [9.17, 15) is 13.2 Å².